The molecular formula is C14H13ClFN3O. The first-order valence-electron chi connectivity index (χ1n) is 6.06. The lowest BCUT2D eigenvalue weighted by Crippen LogP contribution is -2.13. The van der Waals surface area contributed by atoms with E-state index in [1.54, 1.807) is 6.07 Å². The van der Waals surface area contributed by atoms with E-state index in [0.29, 0.717) is 23.6 Å². The number of rotatable bonds is 4. The highest BCUT2D eigenvalue weighted by Gasteiger charge is 2.12. The van der Waals surface area contributed by atoms with Crippen molar-refractivity contribution in [1.29, 1.82) is 0 Å². The highest BCUT2D eigenvalue weighted by atomic mass is 35.5. The number of amides is 1. The summed E-state index contributed by atoms with van der Waals surface area (Å²) in [5.41, 5.74) is 0.802. The van der Waals surface area contributed by atoms with Gasteiger partial charge in [0.25, 0.3) is 5.91 Å². The first kappa shape index (κ1) is 14.3. The van der Waals surface area contributed by atoms with E-state index >= 15 is 0 Å². The number of hydrogen-bond donors (Lipinski definition) is 2. The van der Waals surface area contributed by atoms with Gasteiger partial charge < -0.3 is 10.6 Å². The smallest absolute Gasteiger partial charge is 0.257 e. The van der Waals surface area contributed by atoms with E-state index in [1.807, 2.05) is 6.92 Å². The molecule has 0 saturated heterocycles. The molecule has 2 N–H and O–H groups in total. The number of aromatic nitrogens is 1. The molecule has 0 aliphatic rings. The van der Waals surface area contributed by atoms with Gasteiger partial charge in [0, 0.05) is 18.4 Å². The van der Waals surface area contributed by atoms with Crippen LogP contribution in [0.5, 0.6) is 0 Å². The molecule has 2 rings (SSSR count). The molecule has 1 aromatic carbocycles. The molecule has 2 aromatic rings. The summed E-state index contributed by atoms with van der Waals surface area (Å²) in [5.74, 6) is -0.163. The van der Waals surface area contributed by atoms with Gasteiger partial charge in [-0.25, -0.2) is 9.37 Å². The molecule has 0 atom stereocenters. The Bertz CT molecular complexity index is 616. The Kier molecular flexibility index (Phi) is 4.53. The zero-order chi connectivity index (χ0) is 14.5. The fraction of sp³-hybridized carbons (Fsp3) is 0.143. The van der Waals surface area contributed by atoms with Crippen molar-refractivity contribution in [3.63, 3.8) is 0 Å². The summed E-state index contributed by atoms with van der Waals surface area (Å²) in [6.45, 7) is 2.61. The molecule has 0 radical (unpaired) electrons. The van der Waals surface area contributed by atoms with Crippen LogP contribution in [0.4, 0.5) is 15.9 Å². The second-order valence-corrected chi connectivity index (χ2v) is 4.45. The van der Waals surface area contributed by atoms with Gasteiger partial charge in [0.1, 0.15) is 11.6 Å². The Labute approximate surface area is 121 Å². The van der Waals surface area contributed by atoms with Crippen LogP contribution in [0, 0.1) is 5.82 Å². The van der Waals surface area contributed by atoms with Crippen LogP contribution in [0.1, 0.15) is 17.3 Å². The predicted molar refractivity (Wildman–Crippen MR) is 77.8 cm³/mol. The molecule has 104 valence electrons. The minimum absolute atomic E-state index is 0.256. The monoisotopic (exact) mass is 293 g/mol. The van der Waals surface area contributed by atoms with E-state index in [4.69, 9.17) is 11.6 Å². The summed E-state index contributed by atoms with van der Waals surface area (Å²) in [7, 11) is 0. The summed E-state index contributed by atoms with van der Waals surface area (Å²) in [6.07, 6.45) is 1.42. The van der Waals surface area contributed by atoms with Crippen molar-refractivity contribution in [2.45, 2.75) is 6.92 Å². The molecule has 0 saturated carbocycles. The minimum atomic E-state index is -0.372. The fourth-order valence-electron chi connectivity index (χ4n) is 1.62. The number of nitrogens with one attached hydrogen (secondary N) is 2. The quantitative estimate of drug-likeness (QED) is 0.906. The number of halogens is 2. The van der Waals surface area contributed by atoms with Crippen LogP contribution in [0.3, 0.4) is 0 Å². The third-order valence-electron chi connectivity index (χ3n) is 2.56. The Morgan fingerprint density at radius 2 is 2.05 bits per heavy atom. The van der Waals surface area contributed by atoms with E-state index in [9.17, 15) is 9.18 Å². The maximum atomic E-state index is 12.8. The standard InChI is InChI=1S/C14H13ClFN3O/c1-2-17-13-7-11(12(15)8-18-13)14(20)19-10-5-3-9(16)4-6-10/h3-8H,2H2,1H3,(H,17,18)(H,19,20). The van der Waals surface area contributed by atoms with Crippen LogP contribution < -0.4 is 10.6 Å². The number of anilines is 2. The highest BCUT2D eigenvalue weighted by Crippen LogP contribution is 2.19. The number of pyridine rings is 1. The van der Waals surface area contributed by atoms with Crippen LogP contribution in [0.2, 0.25) is 5.02 Å². The lowest BCUT2D eigenvalue weighted by atomic mass is 10.2. The molecule has 0 unspecified atom stereocenters. The number of carbonyl (C=O) groups is 1. The molecule has 0 aliphatic carbocycles. The van der Waals surface area contributed by atoms with Crippen LogP contribution >= 0.6 is 11.6 Å². The van der Waals surface area contributed by atoms with Gasteiger partial charge in [-0.15, -0.1) is 0 Å². The normalized spacial score (nSPS) is 10.2. The number of carbonyl (C=O) groups excluding carboxylic acids is 1. The van der Waals surface area contributed by atoms with Gasteiger partial charge in [0.05, 0.1) is 10.6 Å². The molecule has 20 heavy (non-hydrogen) atoms. The molecule has 0 fully saturated rings. The Hall–Kier alpha value is -2.14. The minimum Gasteiger partial charge on any atom is -0.370 e. The SMILES string of the molecule is CCNc1cc(C(=O)Nc2ccc(F)cc2)c(Cl)cn1. The number of hydrogen-bond acceptors (Lipinski definition) is 3. The molecule has 4 nitrogen and oxygen atoms in total. The van der Waals surface area contributed by atoms with Crippen LogP contribution in [-0.2, 0) is 0 Å². The van der Waals surface area contributed by atoms with Crippen molar-refractivity contribution >= 4 is 29.0 Å². The van der Waals surface area contributed by atoms with Gasteiger partial charge >= 0.3 is 0 Å². The number of nitrogens with zero attached hydrogens (tertiary/aromatic N) is 1. The topological polar surface area (TPSA) is 54.0 Å². The van der Waals surface area contributed by atoms with Gasteiger partial charge in [0.2, 0.25) is 0 Å². The molecule has 0 aliphatic heterocycles. The van der Waals surface area contributed by atoms with Crippen molar-refractivity contribution < 1.29 is 9.18 Å². The summed E-state index contributed by atoms with van der Waals surface area (Å²) >= 11 is 5.97. The summed E-state index contributed by atoms with van der Waals surface area (Å²) in [4.78, 5) is 16.2. The van der Waals surface area contributed by atoms with Crippen LogP contribution in [-0.4, -0.2) is 17.4 Å². The summed E-state index contributed by atoms with van der Waals surface area (Å²) < 4.78 is 12.8. The van der Waals surface area contributed by atoms with Crippen LogP contribution in [0.15, 0.2) is 36.5 Å². The van der Waals surface area contributed by atoms with Crippen molar-refractivity contribution in [2.24, 2.45) is 0 Å². The van der Waals surface area contributed by atoms with E-state index in [1.165, 1.54) is 30.5 Å². The molecule has 1 heterocycles. The molecule has 0 spiro atoms. The molecule has 6 heteroatoms. The van der Waals surface area contributed by atoms with Crippen molar-refractivity contribution in [3.8, 4) is 0 Å². The number of benzene rings is 1. The van der Waals surface area contributed by atoms with Gasteiger partial charge in [-0.05, 0) is 37.3 Å². The maximum Gasteiger partial charge on any atom is 0.257 e. The predicted octanol–water partition coefficient (Wildman–Crippen LogP) is 3.56. The van der Waals surface area contributed by atoms with E-state index in [0.717, 1.165) is 0 Å². The first-order valence-corrected chi connectivity index (χ1v) is 6.44. The van der Waals surface area contributed by atoms with Crippen molar-refractivity contribution in [2.75, 3.05) is 17.2 Å². The third kappa shape index (κ3) is 3.45. The van der Waals surface area contributed by atoms with Crippen LogP contribution in [0.25, 0.3) is 0 Å². The zero-order valence-electron chi connectivity index (χ0n) is 10.8. The van der Waals surface area contributed by atoms with Gasteiger partial charge in [-0.2, -0.15) is 0 Å². The summed E-state index contributed by atoms with van der Waals surface area (Å²) in [5, 5.41) is 5.91. The van der Waals surface area contributed by atoms with Gasteiger partial charge in [0.15, 0.2) is 0 Å². The second kappa shape index (κ2) is 6.34. The zero-order valence-corrected chi connectivity index (χ0v) is 11.5. The highest BCUT2D eigenvalue weighted by molar-refractivity contribution is 6.34. The Morgan fingerprint density at radius 1 is 1.35 bits per heavy atom. The average molecular weight is 294 g/mol. The second-order valence-electron chi connectivity index (χ2n) is 4.04. The average Bonchev–Trinajstić information content (AvgIpc) is 2.43. The van der Waals surface area contributed by atoms with Gasteiger partial charge in [-0.3, -0.25) is 4.79 Å². The lowest BCUT2D eigenvalue weighted by molar-refractivity contribution is 0.102. The summed E-state index contributed by atoms with van der Waals surface area (Å²) in [6, 6.07) is 7.08. The Balaban J connectivity index is 2.19. The van der Waals surface area contributed by atoms with E-state index in [2.05, 4.69) is 15.6 Å². The van der Waals surface area contributed by atoms with Crippen molar-refractivity contribution in [3.05, 3.63) is 52.9 Å². The molecular weight excluding hydrogens is 281 g/mol. The maximum absolute atomic E-state index is 12.8. The molecule has 1 amide bonds. The molecule has 0 bridgehead atoms. The fourth-order valence-corrected chi connectivity index (χ4v) is 1.81. The van der Waals surface area contributed by atoms with Crippen molar-refractivity contribution in [1.82, 2.24) is 4.98 Å². The van der Waals surface area contributed by atoms with E-state index < -0.39 is 0 Å². The molecule has 1 aromatic heterocycles. The third-order valence-corrected chi connectivity index (χ3v) is 2.86. The van der Waals surface area contributed by atoms with Gasteiger partial charge in [-0.1, -0.05) is 11.6 Å². The largest absolute Gasteiger partial charge is 0.370 e. The first-order chi connectivity index (χ1) is 9.60. The Morgan fingerprint density at radius 3 is 2.70 bits per heavy atom. The lowest BCUT2D eigenvalue weighted by Gasteiger charge is -2.09. The van der Waals surface area contributed by atoms with E-state index in [-0.39, 0.29) is 16.7 Å².